The molecule has 3 heterocycles. The summed E-state index contributed by atoms with van der Waals surface area (Å²) in [4.78, 5) is 16.9. The normalized spacial score (nSPS) is 15.3. The maximum absolute atomic E-state index is 6.66. The summed E-state index contributed by atoms with van der Waals surface area (Å²) in [5, 5.41) is 4.27. The number of aryl methyl sites for hydroxylation is 1. The molecule has 0 radical (unpaired) electrons. The summed E-state index contributed by atoms with van der Waals surface area (Å²) in [6, 6.07) is 27.0. The molecule has 1 fully saturated rings. The Bertz CT molecular complexity index is 1540. The van der Waals surface area contributed by atoms with Gasteiger partial charge in [0.1, 0.15) is 12.2 Å². The van der Waals surface area contributed by atoms with E-state index in [1.807, 2.05) is 24.3 Å². The van der Waals surface area contributed by atoms with Gasteiger partial charge in [0.2, 0.25) is 0 Å². The molecule has 0 spiro atoms. The Morgan fingerprint density at radius 2 is 1.57 bits per heavy atom. The Morgan fingerprint density at radius 3 is 2.27 bits per heavy atom. The van der Waals surface area contributed by atoms with Crippen molar-refractivity contribution in [3.05, 3.63) is 101 Å². The van der Waals surface area contributed by atoms with E-state index in [-0.39, 0.29) is 5.54 Å². The number of rotatable bonds is 5. The van der Waals surface area contributed by atoms with Gasteiger partial charge < -0.3 is 10.2 Å². The van der Waals surface area contributed by atoms with Crippen LogP contribution in [0.2, 0.25) is 5.02 Å². The summed E-state index contributed by atoms with van der Waals surface area (Å²) in [6.07, 6.45) is 3.58. The standard InChI is InChI=1S/C30H29ClN6/c1-21-12-14-23(15-13-21)37-27(24-10-6-7-11-25(24)31)35-26-28(33-20-34-29(26)37)36-18-16-30(32-2,17-19-36)22-8-4-3-5-9-22/h3-15,20,32H,16-19H2,1-2H3. The van der Waals surface area contributed by atoms with Gasteiger partial charge in [-0.2, -0.15) is 0 Å². The van der Waals surface area contributed by atoms with Crippen molar-refractivity contribution < 1.29 is 0 Å². The molecule has 1 saturated heterocycles. The zero-order valence-corrected chi connectivity index (χ0v) is 21.8. The summed E-state index contributed by atoms with van der Waals surface area (Å²) in [5.74, 6) is 1.62. The van der Waals surface area contributed by atoms with E-state index < -0.39 is 0 Å². The van der Waals surface area contributed by atoms with E-state index in [1.165, 1.54) is 11.1 Å². The Hall–Kier alpha value is -3.74. The minimum atomic E-state index is -0.0477. The van der Waals surface area contributed by atoms with E-state index in [4.69, 9.17) is 26.6 Å². The maximum Gasteiger partial charge on any atom is 0.170 e. The average molecular weight is 509 g/mol. The molecule has 1 N–H and O–H groups in total. The number of imidazole rings is 1. The molecular formula is C30H29ClN6. The SMILES string of the molecule is CNC1(c2ccccc2)CCN(c2ncnc3c2nc(-c2ccccc2Cl)n3-c2ccc(C)cc2)CC1. The van der Waals surface area contributed by atoms with Crippen molar-refractivity contribution in [1.29, 1.82) is 0 Å². The first kappa shape index (κ1) is 23.6. The second-order valence-electron chi connectivity index (χ2n) is 9.64. The molecule has 0 aliphatic carbocycles. The third-order valence-electron chi connectivity index (χ3n) is 7.55. The third kappa shape index (κ3) is 4.16. The third-order valence-corrected chi connectivity index (χ3v) is 7.88. The van der Waals surface area contributed by atoms with Crippen molar-refractivity contribution in [2.45, 2.75) is 25.3 Å². The largest absolute Gasteiger partial charge is 0.354 e. The second kappa shape index (κ2) is 9.61. The first-order chi connectivity index (χ1) is 18.1. The van der Waals surface area contributed by atoms with Crippen molar-refractivity contribution in [1.82, 2.24) is 24.8 Å². The molecule has 0 saturated carbocycles. The van der Waals surface area contributed by atoms with Crippen LogP contribution in [-0.2, 0) is 5.54 Å². The van der Waals surface area contributed by atoms with Crippen molar-refractivity contribution >= 4 is 28.6 Å². The van der Waals surface area contributed by atoms with Crippen LogP contribution >= 0.6 is 11.6 Å². The van der Waals surface area contributed by atoms with Crippen LogP contribution in [-0.4, -0.2) is 39.7 Å². The van der Waals surface area contributed by atoms with Gasteiger partial charge >= 0.3 is 0 Å². The molecule has 1 aliphatic heterocycles. The number of aromatic nitrogens is 4. The lowest BCUT2D eigenvalue weighted by atomic mass is 9.81. The topological polar surface area (TPSA) is 58.9 Å². The first-order valence-electron chi connectivity index (χ1n) is 12.6. The zero-order chi connectivity index (χ0) is 25.4. The van der Waals surface area contributed by atoms with E-state index in [1.54, 1.807) is 6.33 Å². The van der Waals surface area contributed by atoms with Gasteiger partial charge in [-0.25, -0.2) is 15.0 Å². The fourth-order valence-corrected chi connectivity index (χ4v) is 5.63. The lowest BCUT2D eigenvalue weighted by Crippen LogP contribution is -2.50. The van der Waals surface area contributed by atoms with Crippen LogP contribution in [0.1, 0.15) is 24.0 Å². The zero-order valence-electron chi connectivity index (χ0n) is 21.0. The van der Waals surface area contributed by atoms with Crippen molar-refractivity contribution in [2.75, 3.05) is 25.0 Å². The summed E-state index contributed by atoms with van der Waals surface area (Å²) in [5.41, 5.74) is 5.90. The number of halogens is 1. The van der Waals surface area contributed by atoms with Crippen LogP contribution in [0.3, 0.4) is 0 Å². The van der Waals surface area contributed by atoms with Gasteiger partial charge in [-0.15, -0.1) is 0 Å². The van der Waals surface area contributed by atoms with Crippen LogP contribution in [0.15, 0.2) is 85.2 Å². The molecule has 1 aliphatic rings. The number of anilines is 1. The molecule has 3 aromatic carbocycles. The molecule has 7 heteroatoms. The highest BCUT2D eigenvalue weighted by Gasteiger charge is 2.36. The molecular weight excluding hydrogens is 480 g/mol. The predicted octanol–water partition coefficient (Wildman–Crippen LogP) is 6.16. The summed E-state index contributed by atoms with van der Waals surface area (Å²) in [7, 11) is 2.06. The van der Waals surface area contributed by atoms with Gasteiger partial charge in [0, 0.05) is 29.9 Å². The van der Waals surface area contributed by atoms with Gasteiger partial charge in [0.15, 0.2) is 17.0 Å². The van der Waals surface area contributed by atoms with Gasteiger partial charge in [0.25, 0.3) is 0 Å². The van der Waals surface area contributed by atoms with Crippen LogP contribution in [0, 0.1) is 6.92 Å². The maximum atomic E-state index is 6.66. The lowest BCUT2D eigenvalue weighted by molar-refractivity contribution is 0.282. The first-order valence-corrected chi connectivity index (χ1v) is 13.0. The Morgan fingerprint density at radius 1 is 0.865 bits per heavy atom. The second-order valence-corrected chi connectivity index (χ2v) is 10.0. The number of fused-ring (bicyclic) bond motifs is 1. The van der Waals surface area contributed by atoms with E-state index >= 15 is 0 Å². The molecule has 37 heavy (non-hydrogen) atoms. The number of nitrogens with zero attached hydrogens (tertiary/aromatic N) is 5. The minimum Gasteiger partial charge on any atom is -0.354 e. The van der Waals surface area contributed by atoms with Crippen LogP contribution in [0.5, 0.6) is 0 Å². The van der Waals surface area contributed by atoms with Gasteiger partial charge in [-0.05, 0) is 56.6 Å². The molecule has 5 aromatic rings. The number of hydrogen-bond donors (Lipinski definition) is 1. The van der Waals surface area contributed by atoms with E-state index in [9.17, 15) is 0 Å². The highest BCUT2D eigenvalue weighted by molar-refractivity contribution is 6.33. The molecule has 0 amide bonds. The van der Waals surface area contributed by atoms with Crippen LogP contribution in [0.4, 0.5) is 5.82 Å². The molecule has 0 atom stereocenters. The number of benzene rings is 3. The average Bonchev–Trinajstić information content (AvgIpc) is 3.34. The van der Waals surface area contributed by atoms with E-state index in [0.29, 0.717) is 5.02 Å². The molecule has 6 rings (SSSR count). The molecule has 0 bridgehead atoms. The van der Waals surface area contributed by atoms with Crippen molar-refractivity contribution in [3.8, 4) is 17.1 Å². The van der Waals surface area contributed by atoms with Gasteiger partial charge in [-0.1, -0.05) is 71.8 Å². The molecule has 0 unspecified atom stereocenters. The number of nitrogens with one attached hydrogen (secondary N) is 1. The Balaban J connectivity index is 1.45. The fourth-order valence-electron chi connectivity index (χ4n) is 5.41. The molecule has 2 aromatic heterocycles. The van der Waals surface area contributed by atoms with Crippen molar-refractivity contribution in [3.63, 3.8) is 0 Å². The van der Waals surface area contributed by atoms with Gasteiger partial charge in [-0.3, -0.25) is 4.57 Å². The monoisotopic (exact) mass is 508 g/mol. The summed E-state index contributed by atoms with van der Waals surface area (Å²) < 4.78 is 2.09. The molecule has 6 nitrogen and oxygen atoms in total. The fraction of sp³-hybridized carbons (Fsp3) is 0.233. The Kier molecular flexibility index (Phi) is 6.14. The summed E-state index contributed by atoms with van der Waals surface area (Å²) >= 11 is 6.66. The van der Waals surface area contributed by atoms with E-state index in [0.717, 1.165) is 60.0 Å². The number of hydrogen-bond acceptors (Lipinski definition) is 5. The Labute approximate surface area is 222 Å². The van der Waals surface area contributed by atoms with Crippen LogP contribution < -0.4 is 10.2 Å². The van der Waals surface area contributed by atoms with Crippen molar-refractivity contribution in [2.24, 2.45) is 0 Å². The van der Waals surface area contributed by atoms with E-state index in [2.05, 4.69) is 83.4 Å². The predicted molar refractivity (Wildman–Crippen MR) is 150 cm³/mol. The molecule has 186 valence electrons. The summed E-state index contributed by atoms with van der Waals surface area (Å²) in [6.45, 7) is 3.81. The highest BCUT2D eigenvalue weighted by atomic mass is 35.5. The van der Waals surface area contributed by atoms with Crippen LogP contribution in [0.25, 0.3) is 28.2 Å². The van der Waals surface area contributed by atoms with Gasteiger partial charge in [0.05, 0.1) is 5.02 Å². The number of piperidine rings is 1. The highest BCUT2D eigenvalue weighted by Crippen LogP contribution is 2.38. The quantitative estimate of drug-likeness (QED) is 0.308. The smallest absolute Gasteiger partial charge is 0.170 e. The minimum absolute atomic E-state index is 0.0477. The lowest BCUT2D eigenvalue weighted by Gasteiger charge is -2.42.